The summed E-state index contributed by atoms with van der Waals surface area (Å²) in [5.41, 5.74) is 0. The summed E-state index contributed by atoms with van der Waals surface area (Å²) in [6.07, 6.45) is 8.29. The Bertz CT molecular complexity index is 261. The third-order valence-electron chi connectivity index (χ3n) is 4.35. The van der Waals surface area contributed by atoms with Crippen LogP contribution in [0.15, 0.2) is 0 Å². The monoisotopic (exact) mass is 209 g/mol. The molecule has 0 radical (unpaired) electrons. The van der Waals surface area contributed by atoms with E-state index < -0.39 is 5.97 Å². The van der Waals surface area contributed by atoms with E-state index in [1.54, 1.807) is 0 Å². The van der Waals surface area contributed by atoms with E-state index in [9.17, 15) is 4.79 Å². The van der Waals surface area contributed by atoms with Gasteiger partial charge in [0.25, 0.3) is 0 Å². The van der Waals surface area contributed by atoms with E-state index in [-0.39, 0.29) is 5.92 Å². The van der Waals surface area contributed by atoms with Crippen molar-refractivity contribution in [1.82, 2.24) is 4.90 Å². The summed E-state index contributed by atoms with van der Waals surface area (Å²) in [6.45, 7) is 0. The molecule has 3 atom stereocenters. The van der Waals surface area contributed by atoms with Gasteiger partial charge in [-0.1, -0.05) is 6.42 Å². The van der Waals surface area contributed by atoms with Crippen LogP contribution in [0.4, 0.5) is 0 Å². The van der Waals surface area contributed by atoms with Gasteiger partial charge >= 0.3 is 5.97 Å². The molecule has 2 aliphatic heterocycles. The van der Waals surface area contributed by atoms with Crippen LogP contribution in [0.3, 0.4) is 0 Å². The Morgan fingerprint density at radius 3 is 2.07 bits per heavy atom. The molecule has 1 unspecified atom stereocenters. The molecule has 3 fully saturated rings. The van der Waals surface area contributed by atoms with Gasteiger partial charge in [0.1, 0.15) is 0 Å². The largest absolute Gasteiger partial charge is 0.481 e. The van der Waals surface area contributed by atoms with Crippen molar-refractivity contribution in [1.29, 1.82) is 0 Å². The number of piperidine rings is 2. The number of rotatable bonds is 2. The Labute approximate surface area is 90.5 Å². The highest BCUT2D eigenvalue weighted by molar-refractivity contribution is 5.70. The summed E-state index contributed by atoms with van der Waals surface area (Å²) < 4.78 is 0. The van der Waals surface area contributed by atoms with E-state index in [4.69, 9.17) is 5.11 Å². The van der Waals surface area contributed by atoms with Crippen molar-refractivity contribution in [2.75, 3.05) is 0 Å². The van der Waals surface area contributed by atoms with Crippen molar-refractivity contribution in [2.24, 2.45) is 5.92 Å². The first kappa shape index (κ1) is 9.64. The molecule has 3 nitrogen and oxygen atoms in total. The first-order valence-corrected chi connectivity index (χ1v) is 6.26. The highest BCUT2D eigenvalue weighted by Gasteiger charge is 2.46. The summed E-state index contributed by atoms with van der Waals surface area (Å²) in [7, 11) is 0. The lowest BCUT2D eigenvalue weighted by Crippen LogP contribution is -2.54. The van der Waals surface area contributed by atoms with Crippen LogP contribution in [-0.2, 0) is 4.79 Å². The zero-order valence-electron chi connectivity index (χ0n) is 9.06. The van der Waals surface area contributed by atoms with Gasteiger partial charge in [-0.3, -0.25) is 9.69 Å². The minimum Gasteiger partial charge on any atom is -0.481 e. The van der Waals surface area contributed by atoms with Gasteiger partial charge in [0.15, 0.2) is 0 Å². The number of nitrogens with zero attached hydrogens (tertiary/aromatic N) is 1. The van der Waals surface area contributed by atoms with Crippen LogP contribution in [-0.4, -0.2) is 34.1 Å². The van der Waals surface area contributed by atoms with Crippen LogP contribution in [0.5, 0.6) is 0 Å². The molecular formula is C12H19NO2. The zero-order valence-corrected chi connectivity index (χ0v) is 9.06. The second-order valence-corrected chi connectivity index (χ2v) is 5.42. The molecule has 2 bridgehead atoms. The Morgan fingerprint density at radius 1 is 1.00 bits per heavy atom. The topological polar surface area (TPSA) is 40.5 Å². The Balaban J connectivity index is 1.76. The Kier molecular flexibility index (Phi) is 2.23. The number of aliphatic carboxylic acids is 1. The third kappa shape index (κ3) is 1.67. The van der Waals surface area contributed by atoms with Crippen molar-refractivity contribution in [3.63, 3.8) is 0 Å². The lowest BCUT2D eigenvalue weighted by atomic mass is 9.78. The number of hydrogen-bond donors (Lipinski definition) is 1. The van der Waals surface area contributed by atoms with E-state index >= 15 is 0 Å². The predicted octanol–water partition coefficient (Wildman–Crippen LogP) is 1.87. The zero-order chi connectivity index (χ0) is 10.4. The van der Waals surface area contributed by atoms with E-state index in [0.29, 0.717) is 12.1 Å². The number of carboxylic acids is 1. The summed E-state index contributed by atoms with van der Waals surface area (Å²) in [6, 6.07) is 1.99. The van der Waals surface area contributed by atoms with Crippen LogP contribution in [0.25, 0.3) is 0 Å². The minimum atomic E-state index is -0.567. The highest BCUT2D eigenvalue weighted by atomic mass is 16.4. The molecule has 0 aromatic rings. The average molecular weight is 209 g/mol. The summed E-state index contributed by atoms with van der Waals surface area (Å²) >= 11 is 0. The fourth-order valence-electron chi connectivity index (χ4n) is 3.59. The molecule has 3 rings (SSSR count). The summed E-state index contributed by atoms with van der Waals surface area (Å²) in [5, 5.41) is 9.12. The van der Waals surface area contributed by atoms with E-state index in [1.165, 1.54) is 32.1 Å². The van der Waals surface area contributed by atoms with E-state index in [1.807, 2.05) is 0 Å². The van der Waals surface area contributed by atoms with E-state index in [0.717, 1.165) is 18.9 Å². The van der Waals surface area contributed by atoms with Crippen LogP contribution < -0.4 is 0 Å². The van der Waals surface area contributed by atoms with Gasteiger partial charge < -0.3 is 5.11 Å². The molecule has 1 saturated carbocycles. The standard InChI is InChI=1S/C12H19NO2/c14-12(15)8-6-10-2-1-3-11(7-8)13(10)9-4-5-9/h8-11H,1-7H2,(H,14,15)/t8?,10-,11+. The Hall–Kier alpha value is -0.570. The van der Waals surface area contributed by atoms with Gasteiger partial charge in [0.2, 0.25) is 0 Å². The number of carbonyl (C=O) groups is 1. The summed E-state index contributed by atoms with van der Waals surface area (Å²) in [4.78, 5) is 13.7. The van der Waals surface area contributed by atoms with Gasteiger partial charge in [-0.25, -0.2) is 0 Å². The van der Waals surface area contributed by atoms with Gasteiger partial charge in [-0.15, -0.1) is 0 Å². The van der Waals surface area contributed by atoms with Crippen molar-refractivity contribution in [3.05, 3.63) is 0 Å². The molecule has 2 saturated heterocycles. The summed E-state index contributed by atoms with van der Waals surface area (Å²) in [5.74, 6) is -0.627. The molecule has 84 valence electrons. The number of carboxylic acid groups (broad SMARTS) is 1. The predicted molar refractivity (Wildman–Crippen MR) is 56.6 cm³/mol. The molecular weight excluding hydrogens is 190 g/mol. The average Bonchev–Trinajstić information content (AvgIpc) is 2.98. The molecule has 3 heteroatoms. The second-order valence-electron chi connectivity index (χ2n) is 5.42. The van der Waals surface area contributed by atoms with E-state index in [2.05, 4.69) is 4.90 Å². The number of hydrogen-bond acceptors (Lipinski definition) is 2. The quantitative estimate of drug-likeness (QED) is 0.754. The van der Waals surface area contributed by atoms with Crippen LogP contribution in [0, 0.1) is 5.92 Å². The molecule has 1 N–H and O–H groups in total. The molecule has 0 aromatic carbocycles. The number of fused-ring (bicyclic) bond motifs is 2. The normalized spacial score (nSPS) is 41.5. The molecule has 1 aliphatic carbocycles. The molecule has 0 aromatic heterocycles. The minimum absolute atomic E-state index is 0.0599. The molecule has 0 spiro atoms. The van der Waals surface area contributed by atoms with Crippen molar-refractivity contribution < 1.29 is 9.90 Å². The van der Waals surface area contributed by atoms with Crippen LogP contribution >= 0.6 is 0 Å². The van der Waals surface area contributed by atoms with Gasteiger partial charge in [0.05, 0.1) is 5.92 Å². The molecule has 0 amide bonds. The van der Waals surface area contributed by atoms with Crippen molar-refractivity contribution in [2.45, 2.75) is 63.1 Å². The van der Waals surface area contributed by atoms with Crippen molar-refractivity contribution >= 4 is 5.97 Å². The smallest absolute Gasteiger partial charge is 0.306 e. The fraction of sp³-hybridized carbons (Fsp3) is 0.917. The van der Waals surface area contributed by atoms with Crippen molar-refractivity contribution in [3.8, 4) is 0 Å². The maximum atomic E-state index is 11.1. The van der Waals surface area contributed by atoms with Crippen LogP contribution in [0.1, 0.15) is 44.9 Å². The first-order chi connectivity index (χ1) is 7.25. The molecule has 2 heterocycles. The first-order valence-electron chi connectivity index (χ1n) is 6.26. The lowest BCUT2D eigenvalue weighted by molar-refractivity contribution is -0.146. The Morgan fingerprint density at radius 2 is 1.60 bits per heavy atom. The highest BCUT2D eigenvalue weighted by Crippen LogP contribution is 2.43. The fourth-order valence-corrected chi connectivity index (χ4v) is 3.59. The lowest BCUT2D eigenvalue weighted by Gasteiger charge is -2.48. The maximum absolute atomic E-state index is 11.1. The molecule has 3 aliphatic rings. The third-order valence-corrected chi connectivity index (χ3v) is 4.35. The van der Waals surface area contributed by atoms with Gasteiger partial charge in [-0.2, -0.15) is 0 Å². The maximum Gasteiger partial charge on any atom is 0.306 e. The SMILES string of the molecule is O=C(O)C1C[C@H]2CCC[C@@H](C1)N2C1CC1. The van der Waals surface area contributed by atoms with Gasteiger partial charge in [-0.05, 0) is 38.5 Å². The molecule has 15 heavy (non-hydrogen) atoms. The van der Waals surface area contributed by atoms with Gasteiger partial charge in [0, 0.05) is 18.1 Å². The van der Waals surface area contributed by atoms with Crippen LogP contribution in [0.2, 0.25) is 0 Å². The second kappa shape index (κ2) is 3.48.